The molecule has 0 aromatic heterocycles. The van der Waals surface area contributed by atoms with Gasteiger partial charge < -0.3 is 19.9 Å². The van der Waals surface area contributed by atoms with E-state index in [1.807, 2.05) is 0 Å². The molecule has 1 aliphatic heterocycles. The van der Waals surface area contributed by atoms with Crippen molar-refractivity contribution in [3.05, 3.63) is 0 Å². The van der Waals surface area contributed by atoms with Crippen LogP contribution in [0.3, 0.4) is 0 Å². The van der Waals surface area contributed by atoms with Crippen LogP contribution in [0.4, 0.5) is 0 Å². The van der Waals surface area contributed by atoms with Crippen LogP contribution < -0.4 is 5.73 Å². The summed E-state index contributed by atoms with van der Waals surface area (Å²) >= 11 is 0. The maximum absolute atomic E-state index is 5.92. The number of methoxy groups -OCH3 is 1. The van der Waals surface area contributed by atoms with Crippen molar-refractivity contribution in [2.24, 2.45) is 5.73 Å². The van der Waals surface area contributed by atoms with Crippen LogP contribution in [0.15, 0.2) is 0 Å². The van der Waals surface area contributed by atoms with Gasteiger partial charge in [-0.1, -0.05) is 0 Å². The maximum Gasteiger partial charge on any atom is 0.0984 e. The molecule has 82 valence electrons. The lowest BCUT2D eigenvalue weighted by atomic mass is 9.86. The van der Waals surface area contributed by atoms with Gasteiger partial charge in [-0.25, -0.2) is 0 Å². The SMILES string of the molecule is COC1C(N)CC1OC1CCOCC1. The molecule has 1 saturated heterocycles. The average Bonchev–Trinajstić information content (AvgIpc) is 2.19. The van der Waals surface area contributed by atoms with Gasteiger partial charge in [0.15, 0.2) is 0 Å². The van der Waals surface area contributed by atoms with Crippen molar-refractivity contribution < 1.29 is 14.2 Å². The fraction of sp³-hybridized carbons (Fsp3) is 1.00. The van der Waals surface area contributed by atoms with Crippen LogP contribution in [0.2, 0.25) is 0 Å². The summed E-state index contributed by atoms with van der Waals surface area (Å²) in [5, 5.41) is 0. The highest BCUT2D eigenvalue weighted by Crippen LogP contribution is 2.28. The highest BCUT2D eigenvalue weighted by Gasteiger charge is 2.41. The van der Waals surface area contributed by atoms with Gasteiger partial charge in [0.2, 0.25) is 0 Å². The van der Waals surface area contributed by atoms with Crippen LogP contribution in [-0.4, -0.2) is 44.7 Å². The van der Waals surface area contributed by atoms with Crippen molar-refractivity contribution >= 4 is 0 Å². The van der Waals surface area contributed by atoms with Crippen molar-refractivity contribution in [1.82, 2.24) is 0 Å². The quantitative estimate of drug-likeness (QED) is 0.713. The molecule has 0 bridgehead atoms. The molecule has 3 atom stereocenters. The van der Waals surface area contributed by atoms with Crippen molar-refractivity contribution in [1.29, 1.82) is 0 Å². The first-order valence-corrected chi connectivity index (χ1v) is 5.33. The Labute approximate surface area is 84.7 Å². The Balaban J connectivity index is 1.74. The minimum absolute atomic E-state index is 0.0952. The lowest BCUT2D eigenvalue weighted by Crippen LogP contribution is -2.58. The number of hydrogen-bond donors (Lipinski definition) is 1. The molecule has 1 saturated carbocycles. The van der Waals surface area contributed by atoms with Crippen LogP contribution in [0.5, 0.6) is 0 Å². The fourth-order valence-corrected chi connectivity index (χ4v) is 2.14. The molecule has 0 amide bonds. The normalized spacial score (nSPS) is 39.4. The Morgan fingerprint density at radius 1 is 1.29 bits per heavy atom. The molecule has 0 aromatic carbocycles. The third-order valence-corrected chi connectivity index (χ3v) is 3.10. The third-order valence-electron chi connectivity index (χ3n) is 3.10. The predicted octanol–water partition coefficient (Wildman–Crippen LogP) is 0.297. The molecule has 14 heavy (non-hydrogen) atoms. The summed E-state index contributed by atoms with van der Waals surface area (Å²) < 4.78 is 16.5. The minimum atomic E-state index is 0.0952. The zero-order chi connectivity index (χ0) is 9.97. The zero-order valence-electron chi connectivity index (χ0n) is 8.65. The van der Waals surface area contributed by atoms with E-state index < -0.39 is 0 Å². The number of hydrogen-bond acceptors (Lipinski definition) is 4. The molecule has 2 rings (SSSR count). The van der Waals surface area contributed by atoms with Gasteiger partial charge in [0.05, 0.1) is 18.3 Å². The first-order valence-electron chi connectivity index (χ1n) is 5.33. The predicted molar refractivity (Wildman–Crippen MR) is 52.1 cm³/mol. The molecule has 1 heterocycles. The first-order chi connectivity index (χ1) is 6.81. The van der Waals surface area contributed by atoms with Crippen LogP contribution >= 0.6 is 0 Å². The first kappa shape index (κ1) is 10.4. The highest BCUT2D eigenvalue weighted by molar-refractivity contribution is 4.95. The molecule has 2 fully saturated rings. The second kappa shape index (κ2) is 4.57. The van der Waals surface area contributed by atoms with Gasteiger partial charge in [-0.3, -0.25) is 0 Å². The van der Waals surface area contributed by atoms with Gasteiger partial charge in [-0.2, -0.15) is 0 Å². The monoisotopic (exact) mass is 201 g/mol. The summed E-state index contributed by atoms with van der Waals surface area (Å²) in [4.78, 5) is 0. The molecule has 2 aliphatic rings. The van der Waals surface area contributed by atoms with Gasteiger partial charge in [-0.15, -0.1) is 0 Å². The van der Waals surface area contributed by atoms with E-state index in [0.717, 1.165) is 32.5 Å². The van der Waals surface area contributed by atoms with E-state index in [9.17, 15) is 0 Å². The van der Waals surface area contributed by atoms with Gasteiger partial charge in [0.1, 0.15) is 0 Å². The minimum Gasteiger partial charge on any atom is -0.381 e. The molecule has 4 heteroatoms. The third kappa shape index (κ3) is 2.08. The Morgan fingerprint density at radius 3 is 2.57 bits per heavy atom. The van der Waals surface area contributed by atoms with Crippen LogP contribution in [0.25, 0.3) is 0 Å². The smallest absolute Gasteiger partial charge is 0.0984 e. The number of rotatable bonds is 3. The molecule has 0 aromatic rings. The molecule has 1 aliphatic carbocycles. The van der Waals surface area contributed by atoms with E-state index in [2.05, 4.69) is 0 Å². The van der Waals surface area contributed by atoms with Crippen molar-refractivity contribution in [3.8, 4) is 0 Å². The zero-order valence-corrected chi connectivity index (χ0v) is 8.65. The standard InChI is InChI=1S/C10H19NO3/c1-12-10-8(11)6-9(10)14-7-2-4-13-5-3-7/h7-10H,2-6,11H2,1H3. The summed E-state index contributed by atoms with van der Waals surface area (Å²) in [5.41, 5.74) is 5.80. The summed E-state index contributed by atoms with van der Waals surface area (Å²) in [6.45, 7) is 1.64. The van der Waals surface area contributed by atoms with Crippen LogP contribution in [0.1, 0.15) is 19.3 Å². The summed E-state index contributed by atoms with van der Waals surface area (Å²) in [5.74, 6) is 0. The summed E-state index contributed by atoms with van der Waals surface area (Å²) in [7, 11) is 1.70. The average molecular weight is 201 g/mol. The number of nitrogens with two attached hydrogens (primary N) is 1. The van der Waals surface area contributed by atoms with E-state index in [0.29, 0.717) is 6.10 Å². The van der Waals surface area contributed by atoms with E-state index in [4.69, 9.17) is 19.9 Å². The highest BCUT2D eigenvalue weighted by atomic mass is 16.6. The summed E-state index contributed by atoms with van der Waals surface area (Å²) in [6, 6.07) is 0.157. The van der Waals surface area contributed by atoms with Gasteiger partial charge in [-0.05, 0) is 19.3 Å². The van der Waals surface area contributed by atoms with Gasteiger partial charge in [0.25, 0.3) is 0 Å². The Hall–Kier alpha value is -0.160. The molecule has 2 N–H and O–H groups in total. The van der Waals surface area contributed by atoms with Gasteiger partial charge >= 0.3 is 0 Å². The lowest BCUT2D eigenvalue weighted by Gasteiger charge is -2.43. The van der Waals surface area contributed by atoms with Crippen molar-refractivity contribution in [3.63, 3.8) is 0 Å². The molecule has 0 radical (unpaired) electrons. The maximum atomic E-state index is 5.92. The molecular formula is C10H19NO3. The van der Waals surface area contributed by atoms with E-state index in [-0.39, 0.29) is 18.2 Å². The second-order valence-corrected chi connectivity index (χ2v) is 4.09. The Morgan fingerprint density at radius 2 is 2.00 bits per heavy atom. The van der Waals surface area contributed by atoms with Crippen LogP contribution in [0, 0.1) is 0 Å². The van der Waals surface area contributed by atoms with Crippen molar-refractivity contribution in [2.75, 3.05) is 20.3 Å². The Bertz CT molecular complexity index is 182. The van der Waals surface area contributed by atoms with E-state index >= 15 is 0 Å². The fourth-order valence-electron chi connectivity index (χ4n) is 2.14. The molecule has 4 nitrogen and oxygen atoms in total. The summed E-state index contributed by atoms with van der Waals surface area (Å²) in [6.07, 6.45) is 3.58. The topological polar surface area (TPSA) is 53.7 Å². The second-order valence-electron chi connectivity index (χ2n) is 4.09. The lowest BCUT2D eigenvalue weighted by molar-refractivity contribution is -0.165. The van der Waals surface area contributed by atoms with E-state index in [1.165, 1.54) is 0 Å². The number of ether oxygens (including phenoxy) is 3. The Kier molecular flexibility index (Phi) is 3.38. The van der Waals surface area contributed by atoms with E-state index in [1.54, 1.807) is 7.11 Å². The van der Waals surface area contributed by atoms with Gasteiger partial charge in [0, 0.05) is 26.4 Å². The van der Waals surface area contributed by atoms with Crippen LogP contribution in [-0.2, 0) is 14.2 Å². The molecule has 3 unspecified atom stereocenters. The van der Waals surface area contributed by atoms with Crippen molar-refractivity contribution in [2.45, 2.75) is 43.6 Å². The molecular weight excluding hydrogens is 182 g/mol. The largest absolute Gasteiger partial charge is 0.381 e. The molecule has 0 spiro atoms.